The van der Waals surface area contributed by atoms with Gasteiger partial charge in [0, 0.05) is 48.1 Å². The number of benzene rings is 3. The molecule has 0 unspecified atom stereocenters. The van der Waals surface area contributed by atoms with E-state index in [1.165, 1.54) is 12.1 Å². The highest BCUT2D eigenvalue weighted by molar-refractivity contribution is 6.12. The second-order valence-electron chi connectivity index (χ2n) is 9.97. The van der Waals surface area contributed by atoms with Crippen molar-refractivity contribution in [3.8, 4) is 33.6 Å². The normalized spacial score (nSPS) is 11.1. The maximum atomic E-state index is 13.6. The van der Waals surface area contributed by atoms with Crippen LogP contribution in [0, 0.1) is 11.7 Å². The van der Waals surface area contributed by atoms with Gasteiger partial charge in [-0.25, -0.2) is 4.39 Å². The highest BCUT2D eigenvalue weighted by atomic mass is 19.1. The van der Waals surface area contributed by atoms with E-state index in [-0.39, 0.29) is 23.5 Å². The van der Waals surface area contributed by atoms with Crippen LogP contribution in [-0.2, 0) is 0 Å². The van der Waals surface area contributed by atoms with Crippen molar-refractivity contribution in [3.05, 3.63) is 96.1 Å². The summed E-state index contributed by atoms with van der Waals surface area (Å²) in [6.07, 6.45) is 3.23. The van der Waals surface area contributed by atoms with Crippen LogP contribution in [0.15, 0.2) is 83.5 Å². The summed E-state index contributed by atoms with van der Waals surface area (Å²) in [5.41, 5.74) is 11.4. The Kier molecular flexibility index (Phi) is 7.33. The molecule has 0 atom stereocenters. The van der Waals surface area contributed by atoms with Crippen molar-refractivity contribution in [2.45, 2.75) is 13.8 Å². The van der Waals surface area contributed by atoms with E-state index >= 15 is 0 Å². The summed E-state index contributed by atoms with van der Waals surface area (Å²) in [6, 6.07) is 18.7. The number of nitrogens with one attached hydrogen (secondary N) is 2. The van der Waals surface area contributed by atoms with Gasteiger partial charge in [-0.15, -0.1) is 0 Å². The van der Waals surface area contributed by atoms with Gasteiger partial charge >= 0.3 is 0 Å². The first-order chi connectivity index (χ1) is 19.2. The second kappa shape index (κ2) is 11.0. The third-order valence-corrected chi connectivity index (χ3v) is 6.59. The minimum atomic E-state index is -0.380. The number of nitrogen functional groups attached to an aromatic ring is 1. The quantitative estimate of drug-likeness (QED) is 0.226. The molecule has 40 heavy (non-hydrogen) atoms. The molecule has 5 rings (SSSR count). The van der Waals surface area contributed by atoms with E-state index in [2.05, 4.69) is 15.6 Å². The minimum Gasteiger partial charge on any atom is -0.455 e. The number of hydrogen-bond acceptors (Lipinski definition) is 5. The van der Waals surface area contributed by atoms with Gasteiger partial charge in [0.1, 0.15) is 17.2 Å². The number of nitrogens with two attached hydrogens (primary N) is 1. The van der Waals surface area contributed by atoms with Crippen molar-refractivity contribution < 1.29 is 18.4 Å². The average molecular weight is 537 g/mol. The third-order valence-electron chi connectivity index (χ3n) is 6.59. The highest BCUT2D eigenvalue weighted by Crippen LogP contribution is 2.37. The molecule has 3 aromatic carbocycles. The fourth-order valence-electron chi connectivity index (χ4n) is 4.59. The van der Waals surface area contributed by atoms with Crippen LogP contribution in [0.5, 0.6) is 0 Å². The molecule has 0 aliphatic heterocycles. The smallest absolute Gasteiger partial charge is 0.255 e. The number of furan rings is 1. The average Bonchev–Trinajstić information content (AvgIpc) is 3.34. The number of anilines is 1. The Morgan fingerprint density at radius 3 is 2.30 bits per heavy atom. The second-order valence-corrected chi connectivity index (χ2v) is 9.97. The number of fused-ring (bicyclic) bond motifs is 1. The van der Waals surface area contributed by atoms with Gasteiger partial charge in [0.25, 0.3) is 11.8 Å². The molecule has 2 amide bonds. The first kappa shape index (κ1) is 26.6. The van der Waals surface area contributed by atoms with Crippen molar-refractivity contribution in [1.29, 1.82) is 0 Å². The molecule has 0 saturated carbocycles. The molecule has 4 N–H and O–H groups in total. The van der Waals surface area contributed by atoms with Crippen LogP contribution >= 0.6 is 0 Å². The van der Waals surface area contributed by atoms with Crippen molar-refractivity contribution >= 4 is 28.5 Å². The molecule has 0 bridgehead atoms. The maximum Gasteiger partial charge on any atom is 0.255 e. The Morgan fingerprint density at radius 2 is 1.60 bits per heavy atom. The molecular formula is C32H29FN4O3. The fraction of sp³-hybridized carbons (Fsp3) is 0.156. The summed E-state index contributed by atoms with van der Waals surface area (Å²) in [5, 5.41) is 6.28. The molecule has 2 aromatic heterocycles. The number of rotatable bonds is 7. The Labute approximate surface area is 231 Å². The molecular weight excluding hydrogens is 507 g/mol. The van der Waals surface area contributed by atoms with E-state index < -0.39 is 0 Å². The number of halogens is 1. The van der Waals surface area contributed by atoms with Crippen molar-refractivity contribution in [2.75, 3.05) is 19.3 Å². The lowest BCUT2D eigenvalue weighted by Crippen LogP contribution is -2.27. The van der Waals surface area contributed by atoms with E-state index in [9.17, 15) is 14.0 Å². The van der Waals surface area contributed by atoms with E-state index in [0.717, 1.165) is 16.7 Å². The van der Waals surface area contributed by atoms with Gasteiger partial charge in [-0.3, -0.25) is 14.6 Å². The van der Waals surface area contributed by atoms with E-state index in [1.54, 1.807) is 43.7 Å². The Bertz CT molecular complexity index is 1720. The molecule has 0 saturated heterocycles. The number of carbonyl (C=O) groups excluding carboxylic acids is 2. The van der Waals surface area contributed by atoms with Crippen LogP contribution in [0.3, 0.4) is 0 Å². The number of nitrogens with zero attached hydrogens (tertiary/aromatic N) is 1. The number of pyridine rings is 1. The van der Waals surface area contributed by atoms with Gasteiger partial charge < -0.3 is 20.8 Å². The predicted octanol–water partition coefficient (Wildman–Crippen LogP) is 6.30. The first-order valence-corrected chi connectivity index (χ1v) is 12.9. The maximum absolute atomic E-state index is 13.6. The Balaban J connectivity index is 1.64. The van der Waals surface area contributed by atoms with Crippen LogP contribution < -0.4 is 16.4 Å². The van der Waals surface area contributed by atoms with Crippen molar-refractivity contribution in [3.63, 3.8) is 0 Å². The van der Waals surface area contributed by atoms with Gasteiger partial charge in [-0.05, 0) is 71.1 Å². The summed E-state index contributed by atoms with van der Waals surface area (Å²) in [4.78, 5) is 30.5. The minimum absolute atomic E-state index is 0.206. The van der Waals surface area contributed by atoms with Gasteiger partial charge in [-0.1, -0.05) is 32.0 Å². The molecule has 5 aromatic rings. The summed E-state index contributed by atoms with van der Waals surface area (Å²) in [7, 11) is 1.55. The number of amides is 2. The standard InChI is InChI=1S/C32H29FN4O3/c1-18(2)15-37-31(38)26-13-20(6-10-25(26)22-12-24(34)17-36-16-22)21-7-11-28-27(14-21)29(32(39)35-3)30(40-28)19-4-8-23(33)9-5-19/h4-14,16-18H,15,34H2,1-3H3,(H,35,39)(H,37,38). The van der Waals surface area contributed by atoms with E-state index in [4.69, 9.17) is 10.2 Å². The topological polar surface area (TPSA) is 110 Å². The first-order valence-electron chi connectivity index (χ1n) is 12.9. The largest absolute Gasteiger partial charge is 0.455 e. The highest BCUT2D eigenvalue weighted by Gasteiger charge is 2.23. The zero-order chi connectivity index (χ0) is 28.4. The SMILES string of the molecule is CNC(=O)c1c(-c2ccc(F)cc2)oc2ccc(-c3ccc(-c4cncc(N)c4)c(C(=O)NCC(C)C)c3)cc12. The van der Waals surface area contributed by atoms with Crippen LogP contribution in [0.25, 0.3) is 44.5 Å². The molecule has 0 aliphatic carbocycles. The van der Waals surface area contributed by atoms with Crippen LogP contribution in [0.1, 0.15) is 34.6 Å². The van der Waals surface area contributed by atoms with Crippen molar-refractivity contribution in [1.82, 2.24) is 15.6 Å². The Morgan fingerprint density at radius 1 is 0.900 bits per heavy atom. The lowest BCUT2D eigenvalue weighted by atomic mass is 9.94. The van der Waals surface area contributed by atoms with Gasteiger partial charge in [0.15, 0.2) is 0 Å². The zero-order valence-electron chi connectivity index (χ0n) is 22.4. The molecule has 7 nitrogen and oxygen atoms in total. The molecule has 0 fully saturated rings. The summed E-state index contributed by atoms with van der Waals surface area (Å²) < 4.78 is 19.6. The molecule has 202 valence electrons. The molecule has 0 spiro atoms. The van der Waals surface area contributed by atoms with Crippen LogP contribution in [-0.4, -0.2) is 30.4 Å². The molecule has 8 heteroatoms. The lowest BCUT2D eigenvalue weighted by molar-refractivity contribution is 0.0946. The summed E-state index contributed by atoms with van der Waals surface area (Å²) in [5.74, 6) is -0.277. The molecule has 2 heterocycles. The van der Waals surface area contributed by atoms with Gasteiger partial charge in [0.2, 0.25) is 0 Å². The third kappa shape index (κ3) is 5.29. The molecule has 0 radical (unpaired) electrons. The van der Waals surface area contributed by atoms with Crippen LogP contribution in [0.2, 0.25) is 0 Å². The Hall–Kier alpha value is -4.98. The van der Waals surface area contributed by atoms with Gasteiger partial charge in [-0.2, -0.15) is 0 Å². The number of aromatic nitrogens is 1. The number of carbonyl (C=O) groups is 2. The van der Waals surface area contributed by atoms with E-state index in [1.807, 2.05) is 44.2 Å². The predicted molar refractivity (Wildman–Crippen MR) is 155 cm³/mol. The number of hydrogen-bond donors (Lipinski definition) is 3. The van der Waals surface area contributed by atoms with E-state index in [0.29, 0.717) is 51.2 Å². The molecule has 0 aliphatic rings. The van der Waals surface area contributed by atoms with Crippen LogP contribution in [0.4, 0.5) is 10.1 Å². The monoisotopic (exact) mass is 536 g/mol. The fourth-order valence-corrected chi connectivity index (χ4v) is 4.59. The van der Waals surface area contributed by atoms with Crippen molar-refractivity contribution in [2.24, 2.45) is 5.92 Å². The summed E-state index contributed by atoms with van der Waals surface area (Å²) >= 11 is 0. The zero-order valence-corrected chi connectivity index (χ0v) is 22.4. The van der Waals surface area contributed by atoms with Gasteiger partial charge in [0.05, 0.1) is 11.3 Å². The lowest BCUT2D eigenvalue weighted by Gasteiger charge is -2.14. The summed E-state index contributed by atoms with van der Waals surface area (Å²) in [6.45, 7) is 4.59.